The summed E-state index contributed by atoms with van der Waals surface area (Å²) in [5.41, 5.74) is -1.32. The summed E-state index contributed by atoms with van der Waals surface area (Å²) in [6.07, 6.45) is -0.754. The number of urea groups is 1. The molecule has 4 amide bonds. The topological polar surface area (TPSA) is 168 Å². The molecule has 1 aromatic rings. The number of aliphatic carboxylic acids is 1. The molecular weight excluding hydrogens is 501 g/mol. The lowest BCUT2D eigenvalue weighted by molar-refractivity contribution is -0.129. The Morgan fingerprint density at radius 1 is 1.23 bits per heavy atom. The smallest absolute Gasteiger partial charge is 0.413 e. The molecule has 0 saturated heterocycles. The second-order valence-corrected chi connectivity index (χ2v) is 9.59. The number of nitrogens with zero attached hydrogens (tertiary/aromatic N) is 2. The average molecular weight is 519 g/mol. The molecule has 0 spiro atoms. The van der Waals surface area contributed by atoms with Gasteiger partial charge in [0.05, 0.1) is 6.54 Å². The zero-order valence-electron chi connectivity index (χ0n) is 16.3. The van der Waals surface area contributed by atoms with Gasteiger partial charge in [-0.2, -0.15) is 0 Å². The number of amides is 4. The summed E-state index contributed by atoms with van der Waals surface area (Å²) in [6.45, 7) is 4.65. The fourth-order valence-electron chi connectivity index (χ4n) is 1.56. The second kappa shape index (κ2) is 11.3. The highest BCUT2D eigenvalue weighted by atomic mass is 35.6. The summed E-state index contributed by atoms with van der Waals surface area (Å²) >= 11 is 16.8. The Morgan fingerprint density at radius 2 is 1.87 bits per heavy atom. The summed E-state index contributed by atoms with van der Waals surface area (Å²) in [4.78, 5) is 54.7. The van der Waals surface area contributed by atoms with Gasteiger partial charge in [-0.15, -0.1) is 11.3 Å². The van der Waals surface area contributed by atoms with Crippen LogP contribution in [-0.4, -0.2) is 62.3 Å². The Hall–Kier alpha value is -2.35. The Bertz CT molecular complexity index is 864. The van der Waals surface area contributed by atoms with Gasteiger partial charge in [0.15, 0.2) is 5.13 Å². The van der Waals surface area contributed by atoms with Gasteiger partial charge in [0.2, 0.25) is 5.71 Å². The van der Waals surface area contributed by atoms with E-state index >= 15 is 0 Å². The highest BCUT2D eigenvalue weighted by molar-refractivity contribution is 7.14. The number of oxime groups is 1. The van der Waals surface area contributed by atoms with E-state index < -0.39 is 39.1 Å². The van der Waals surface area contributed by atoms with Crippen molar-refractivity contribution < 1.29 is 33.9 Å². The zero-order chi connectivity index (χ0) is 23.8. The van der Waals surface area contributed by atoms with Gasteiger partial charge in [-0.1, -0.05) is 40.0 Å². The van der Waals surface area contributed by atoms with Crippen molar-refractivity contribution in [3.63, 3.8) is 0 Å². The van der Waals surface area contributed by atoms with Gasteiger partial charge in [-0.3, -0.25) is 15.4 Å². The lowest BCUT2D eigenvalue weighted by atomic mass is 10.2. The van der Waals surface area contributed by atoms with E-state index in [1.807, 2.05) is 0 Å². The molecule has 0 aliphatic carbocycles. The predicted molar refractivity (Wildman–Crippen MR) is 114 cm³/mol. The van der Waals surface area contributed by atoms with E-state index in [1.165, 1.54) is 5.38 Å². The lowest BCUT2D eigenvalue weighted by Crippen LogP contribution is -2.45. The third-order valence-electron chi connectivity index (χ3n) is 2.68. The van der Waals surface area contributed by atoms with Crippen molar-refractivity contribution in [1.29, 1.82) is 0 Å². The molecule has 0 atom stereocenters. The molecule has 12 nitrogen and oxygen atoms in total. The number of alkyl halides is 3. The molecule has 0 aliphatic heterocycles. The molecule has 1 heterocycles. The molecule has 1 aromatic heterocycles. The first-order chi connectivity index (χ1) is 14.2. The van der Waals surface area contributed by atoms with E-state index in [1.54, 1.807) is 26.1 Å². The maximum absolute atomic E-state index is 11.7. The SMILES string of the molecule is CC(C)(C)OC(=O)Nc1nc(/C(=N/OCCNC(=O)NC(=O)C(Cl)(Cl)Cl)C(=O)O)cs1. The van der Waals surface area contributed by atoms with Gasteiger partial charge in [0, 0.05) is 5.38 Å². The minimum Gasteiger partial charge on any atom is -0.476 e. The van der Waals surface area contributed by atoms with Crippen molar-refractivity contribution in [3.8, 4) is 0 Å². The number of carbonyl (C=O) groups excluding carboxylic acids is 3. The normalized spacial score (nSPS) is 12.0. The predicted octanol–water partition coefficient (Wildman–Crippen LogP) is 2.49. The molecule has 4 N–H and O–H groups in total. The summed E-state index contributed by atoms with van der Waals surface area (Å²) in [7, 11) is 0. The maximum atomic E-state index is 11.7. The van der Waals surface area contributed by atoms with Gasteiger partial charge in [-0.25, -0.2) is 19.4 Å². The number of hydrogen-bond acceptors (Lipinski definition) is 9. The molecule has 31 heavy (non-hydrogen) atoms. The number of thiazole rings is 1. The molecule has 0 saturated carbocycles. The number of carbonyl (C=O) groups is 4. The Balaban J connectivity index is 2.58. The highest BCUT2D eigenvalue weighted by Crippen LogP contribution is 2.25. The number of halogens is 3. The first-order valence-corrected chi connectivity index (χ1v) is 10.3. The van der Waals surface area contributed by atoms with Crippen LogP contribution in [0.3, 0.4) is 0 Å². The van der Waals surface area contributed by atoms with Crippen molar-refractivity contribution in [2.45, 2.75) is 30.2 Å². The van der Waals surface area contributed by atoms with E-state index in [9.17, 15) is 24.3 Å². The van der Waals surface area contributed by atoms with Crippen molar-refractivity contribution in [3.05, 3.63) is 11.1 Å². The Kier molecular flexibility index (Phi) is 9.74. The molecule has 172 valence electrons. The number of anilines is 1. The van der Waals surface area contributed by atoms with Crippen LogP contribution in [0.1, 0.15) is 26.5 Å². The second-order valence-electron chi connectivity index (χ2n) is 6.45. The molecule has 0 bridgehead atoms. The van der Waals surface area contributed by atoms with Gasteiger partial charge < -0.3 is 20.0 Å². The quantitative estimate of drug-likeness (QED) is 0.185. The number of carboxylic acids is 1. The molecule has 16 heteroatoms. The Morgan fingerprint density at radius 3 is 2.42 bits per heavy atom. The van der Waals surface area contributed by atoms with Gasteiger partial charge in [0.1, 0.15) is 17.9 Å². The third kappa shape index (κ3) is 10.5. The summed E-state index contributed by atoms with van der Waals surface area (Å²) in [5.74, 6) is -2.59. The van der Waals surface area contributed by atoms with Crippen molar-refractivity contribution in [2.24, 2.45) is 5.16 Å². The minimum atomic E-state index is -2.31. The number of rotatable bonds is 7. The standard InChI is InChI=1S/C15H18Cl3N5O7S/c1-14(2,3)30-13(28)22-12-20-7(6-31-12)8(9(24)25)23-29-5-4-19-11(27)21-10(26)15(16,17)18/h6H,4-5H2,1-3H3,(H,24,25)(H,20,22,28)(H2,19,21,26,27)/b23-8-. The van der Waals surface area contributed by atoms with Crippen LogP contribution in [0.4, 0.5) is 14.7 Å². The summed E-state index contributed by atoms with van der Waals surface area (Å²) in [6, 6.07) is -0.959. The number of nitrogens with one attached hydrogen (secondary N) is 3. The van der Waals surface area contributed by atoms with Gasteiger partial charge in [-0.05, 0) is 20.8 Å². The van der Waals surface area contributed by atoms with Crippen LogP contribution in [-0.2, 0) is 19.2 Å². The van der Waals surface area contributed by atoms with E-state index in [-0.39, 0.29) is 24.0 Å². The molecule has 0 unspecified atom stereocenters. The number of imide groups is 1. The van der Waals surface area contributed by atoms with E-state index in [2.05, 4.69) is 20.8 Å². The number of hydrogen-bond donors (Lipinski definition) is 4. The van der Waals surface area contributed by atoms with Gasteiger partial charge >= 0.3 is 18.1 Å². The van der Waals surface area contributed by atoms with Crippen LogP contribution in [0.5, 0.6) is 0 Å². The fraction of sp³-hybridized carbons (Fsp3) is 0.467. The zero-order valence-corrected chi connectivity index (χ0v) is 19.4. The monoisotopic (exact) mass is 517 g/mol. The fourth-order valence-corrected chi connectivity index (χ4v) is 2.39. The lowest BCUT2D eigenvalue weighted by Gasteiger charge is -2.18. The maximum Gasteiger partial charge on any atom is 0.413 e. The first-order valence-electron chi connectivity index (χ1n) is 8.24. The molecule has 0 aromatic carbocycles. The van der Waals surface area contributed by atoms with Crippen molar-refractivity contribution in [1.82, 2.24) is 15.6 Å². The highest BCUT2D eigenvalue weighted by Gasteiger charge is 2.31. The van der Waals surface area contributed by atoms with Crippen LogP contribution >= 0.6 is 46.1 Å². The van der Waals surface area contributed by atoms with Crippen LogP contribution in [0, 0.1) is 0 Å². The molecule has 0 fully saturated rings. The third-order valence-corrected chi connectivity index (χ3v) is 3.95. The van der Waals surface area contributed by atoms with Crippen LogP contribution in [0.15, 0.2) is 10.5 Å². The minimum absolute atomic E-state index is 0.0671. The Labute approximate surface area is 195 Å². The molecule has 0 radical (unpaired) electrons. The van der Waals surface area contributed by atoms with Crippen LogP contribution in [0.25, 0.3) is 0 Å². The van der Waals surface area contributed by atoms with Crippen molar-refractivity contribution >= 4 is 81.0 Å². The molecular formula is C15H18Cl3N5O7S. The van der Waals surface area contributed by atoms with Gasteiger partial charge in [0.25, 0.3) is 9.70 Å². The average Bonchev–Trinajstić information content (AvgIpc) is 3.02. The van der Waals surface area contributed by atoms with Crippen LogP contribution in [0.2, 0.25) is 0 Å². The number of ether oxygens (including phenoxy) is 1. The largest absolute Gasteiger partial charge is 0.476 e. The van der Waals surface area contributed by atoms with E-state index in [0.29, 0.717) is 0 Å². The number of carboxylic acid groups (broad SMARTS) is 1. The summed E-state index contributed by atoms with van der Waals surface area (Å²) < 4.78 is 2.77. The van der Waals surface area contributed by atoms with E-state index in [4.69, 9.17) is 44.4 Å². The molecule has 0 aliphatic rings. The summed E-state index contributed by atoms with van der Waals surface area (Å²) in [5, 5.41) is 20.5. The number of aromatic nitrogens is 1. The van der Waals surface area contributed by atoms with Crippen molar-refractivity contribution in [2.75, 3.05) is 18.5 Å². The van der Waals surface area contributed by atoms with Crippen LogP contribution < -0.4 is 16.0 Å². The molecule has 1 rings (SSSR count). The van der Waals surface area contributed by atoms with E-state index in [0.717, 1.165) is 11.3 Å². The first kappa shape index (κ1) is 26.7.